The molecule has 20 heavy (non-hydrogen) atoms. The first-order valence-corrected chi connectivity index (χ1v) is 7.51. The zero-order valence-corrected chi connectivity index (χ0v) is 12.3. The van der Waals surface area contributed by atoms with Gasteiger partial charge in [-0.2, -0.15) is 0 Å². The highest BCUT2D eigenvalue weighted by atomic mass is 35.5. The molecule has 106 valence electrons. The summed E-state index contributed by atoms with van der Waals surface area (Å²) in [6, 6.07) is 3.10. The highest BCUT2D eigenvalue weighted by Crippen LogP contribution is 2.35. The Kier molecular flexibility index (Phi) is 3.79. The molecule has 0 radical (unpaired) electrons. The molecule has 1 aromatic carbocycles. The van der Waals surface area contributed by atoms with Crippen LogP contribution in [-0.4, -0.2) is 11.6 Å². The van der Waals surface area contributed by atoms with E-state index >= 15 is 0 Å². The Morgan fingerprint density at radius 2 is 2.05 bits per heavy atom. The van der Waals surface area contributed by atoms with Crippen molar-refractivity contribution in [3.05, 3.63) is 34.2 Å². The number of pyridine rings is 1. The highest BCUT2D eigenvalue weighted by Gasteiger charge is 2.18. The lowest BCUT2D eigenvalue weighted by Crippen LogP contribution is -2.00. The monoisotopic (exact) mass is 293 g/mol. The van der Waals surface area contributed by atoms with E-state index < -0.39 is 0 Å². The number of benzene rings is 1. The maximum absolute atomic E-state index is 13.9. The first-order valence-electron chi connectivity index (χ1n) is 7.14. The zero-order valence-electron chi connectivity index (χ0n) is 11.5. The molecule has 2 nitrogen and oxygen atoms in total. The number of nitrogens with zero attached hydrogens (tertiary/aromatic N) is 1. The molecule has 0 amide bonds. The molecule has 1 aromatic heterocycles. The van der Waals surface area contributed by atoms with E-state index in [9.17, 15) is 4.39 Å². The van der Waals surface area contributed by atoms with E-state index in [2.05, 4.69) is 4.98 Å². The quantitative estimate of drug-likeness (QED) is 0.749. The van der Waals surface area contributed by atoms with Gasteiger partial charge in [-0.1, -0.05) is 18.0 Å². The van der Waals surface area contributed by atoms with E-state index in [1.54, 1.807) is 6.07 Å². The molecule has 2 aromatic rings. The molecule has 0 atom stereocenters. The van der Waals surface area contributed by atoms with Crippen LogP contribution in [0, 0.1) is 5.82 Å². The number of hydrogen-bond acceptors (Lipinski definition) is 2. The lowest BCUT2D eigenvalue weighted by Gasteiger charge is -2.12. The fraction of sp³-hybridized carbons (Fsp3) is 0.438. The molecular weight excluding hydrogens is 277 g/mol. The summed E-state index contributed by atoms with van der Waals surface area (Å²) in [5.74, 6) is -0.131. The first kappa shape index (κ1) is 13.6. The third-order valence-corrected chi connectivity index (χ3v) is 4.23. The summed E-state index contributed by atoms with van der Waals surface area (Å²) < 4.78 is 19.2. The van der Waals surface area contributed by atoms with Gasteiger partial charge in [0.1, 0.15) is 0 Å². The topological polar surface area (TPSA) is 22.1 Å². The summed E-state index contributed by atoms with van der Waals surface area (Å²) in [6.45, 7) is 2.26. The van der Waals surface area contributed by atoms with Gasteiger partial charge in [-0.3, -0.25) is 4.98 Å². The molecule has 0 N–H and O–H groups in total. The van der Waals surface area contributed by atoms with Gasteiger partial charge in [-0.25, -0.2) is 4.39 Å². The second-order valence-corrected chi connectivity index (χ2v) is 5.52. The molecule has 3 rings (SSSR count). The van der Waals surface area contributed by atoms with Crippen molar-refractivity contribution in [3.8, 4) is 5.75 Å². The predicted molar refractivity (Wildman–Crippen MR) is 79.1 cm³/mol. The molecule has 1 heterocycles. The minimum Gasteiger partial charge on any atom is -0.491 e. The van der Waals surface area contributed by atoms with Crippen LogP contribution in [0.25, 0.3) is 10.9 Å². The number of aryl methyl sites for hydroxylation is 1. The molecule has 0 bridgehead atoms. The normalized spacial score (nSPS) is 14.9. The molecule has 4 heteroatoms. The minimum atomic E-state index is -0.378. The molecule has 0 fully saturated rings. The standard InChI is InChI=1S/C16H17ClFNO/c1-2-20-15-8-11-14(9-12(15)18)19-13-7-5-3-4-6-10(13)16(11)17/h8-9H,2-7H2,1H3. The highest BCUT2D eigenvalue weighted by molar-refractivity contribution is 6.36. The molecular formula is C16H17ClFNO. The second-order valence-electron chi connectivity index (χ2n) is 5.14. The second kappa shape index (κ2) is 5.57. The summed E-state index contributed by atoms with van der Waals surface area (Å²) in [5.41, 5.74) is 2.78. The molecule has 1 aliphatic rings. The Balaban J connectivity index is 2.22. The van der Waals surface area contributed by atoms with Crippen molar-refractivity contribution in [2.24, 2.45) is 0 Å². The largest absolute Gasteiger partial charge is 0.491 e. The third-order valence-electron chi connectivity index (χ3n) is 3.80. The molecule has 0 spiro atoms. The summed E-state index contributed by atoms with van der Waals surface area (Å²) in [5, 5.41) is 1.50. The van der Waals surface area contributed by atoms with Crippen molar-refractivity contribution in [2.45, 2.75) is 39.0 Å². The average Bonchev–Trinajstić information content (AvgIpc) is 2.66. The van der Waals surface area contributed by atoms with E-state index in [4.69, 9.17) is 16.3 Å². The average molecular weight is 294 g/mol. The lowest BCUT2D eigenvalue weighted by molar-refractivity contribution is 0.322. The van der Waals surface area contributed by atoms with Gasteiger partial charge in [0, 0.05) is 17.1 Å². The van der Waals surface area contributed by atoms with Gasteiger partial charge in [-0.15, -0.1) is 0 Å². The number of ether oxygens (including phenoxy) is 1. The molecule has 1 aliphatic carbocycles. The predicted octanol–water partition coefficient (Wildman–Crippen LogP) is 4.69. The van der Waals surface area contributed by atoms with Crippen LogP contribution >= 0.6 is 11.6 Å². The number of fused-ring (bicyclic) bond motifs is 2. The number of hydrogen-bond donors (Lipinski definition) is 0. The zero-order chi connectivity index (χ0) is 14.1. The van der Waals surface area contributed by atoms with Crippen LogP contribution in [0.4, 0.5) is 4.39 Å². The Hall–Kier alpha value is -1.35. The van der Waals surface area contributed by atoms with Crippen molar-refractivity contribution < 1.29 is 9.13 Å². The lowest BCUT2D eigenvalue weighted by atomic mass is 10.0. The van der Waals surface area contributed by atoms with Crippen LogP contribution in [0.15, 0.2) is 12.1 Å². The maximum Gasteiger partial charge on any atom is 0.167 e. The van der Waals surface area contributed by atoms with Crippen LogP contribution in [0.5, 0.6) is 5.75 Å². The maximum atomic E-state index is 13.9. The van der Waals surface area contributed by atoms with Crippen LogP contribution < -0.4 is 4.74 Å². The number of rotatable bonds is 2. The van der Waals surface area contributed by atoms with E-state index in [0.29, 0.717) is 17.1 Å². The van der Waals surface area contributed by atoms with Gasteiger partial charge in [0.2, 0.25) is 0 Å². The van der Waals surface area contributed by atoms with E-state index in [1.807, 2.05) is 6.92 Å². The van der Waals surface area contributed by atoms with Crippen molar-refractivity contribution >= 4 is 22.5 Å². The van der Waals surface area contributed by atoms with Gasteiger partial charge in [0.15, 0.2) is 11.6 Å². The fourth-order valence-electron chi connectivity index (χ4n) is 2.81. The van der Waals surface area contributed by atoms with Crippen molar-refractivity contribution in [2.75, 3.05) is 6.61 Å². The van der Waals surface area contributed by atoms with Crippen molar-refractivity contribution in [1.82, 2.24) is 4.98 Å². The summed E-state index contributed by atoms with van der Waals surface area (Å²) in [7, 11) is 0. The van der Waals surface area contributed by atoms with Gasteiger partial charge in [0.25, 0.3) is 0 Å². The minimum absolute atomic E-state index is 0.247. The van der Waals surface area contributed by atoms with Crippen LogP contribution in [0.3, 0.4) is 0 Å². The van der Waals surface area contributed by atoms with Gasteiger partial charge >= 0.3 is 0 Å². The summed E-state index contributed by atoms with van der Waals surface area (Å²) in [4.78, 5) is 4.62. The Labute approximate surface area is 122 Å². The fourth-order valence-corrected chi connectivity index (χ4v) is 3.17. The van der Waals surface area contributed by atoms with E-state index in [-0.39, 0.29) is 11.6 Å². The van der Waals surface area contributed by atoms with Gasteiger partial charge < -0.3 is 4.74 Å². The van der Waals surface area contributed by atoms with Crippen LogP contribution in [0.1, 0.15) is 37.4 Å². The van der Waals surface area contributed by atoms with Crippen LogP contribution in [0.2, 0.25) is 5.02 Å². The molecule has 0 saturated carbocycles. The SMILES string of the molecule is CCOc1cc2c(Cl)c3c(nc2cc1F)CCCCC3. The first-order chi connectivity index (χ1) is 9.70. The number of aromatic nitrogens is 1. The smallest absolute Gasteiger partial charge is 0.167 e. The molecule has 0 aliphatic heterocycles. The van der Waals surface area contributed by atoms with Crippen molar-refractivity contribution in [3.63, 3.8) is 0 Å². The van der Waals surface area contributed by atoms with Gasteiger partial charge in [-0.05, 0) is 44.2 Å². The Morgan fingerprint density at radius 1 is 1.25 bits per heavy atom. The van der Waals surface area contributed by atoms with E-state index in [1.165, 1.54) is 12.5 Å². The summed E-state index contributed by atoms with van der Waals surface area (Å²) in [6.07, 6.45) is 5.35. The summed E-state index contributed by atoms with van der Waals surface area (Å²) >= 11 is 6.54. The molecule has 0 unspecified atom stereocenters. The Bertz CT molecular complexity index is 657. The van der Waals surface area contributed by atoms with Crippen molar-refractivity contribution in [1.29, 1.82) is 0 Å². The van der Waals surface area contributed by atoms with Gasteiger partial charge in [0.05, 0.1) is 17.1 Å². The number of halogens is 2. The Morgan fingerprint density at radius 3 is 2.85 bits per heavy atom. The third kappa shape index (κ3) is 2.35. The van der Waals surface area contributed by atoms with Crippen LogP contribution in [-0.2, 0) is 12.8 Å². The molecule has 0 saturated heterocycles. The van der Waals surface area contributed by atoms with E-state index in [0.717, 1.165) is 42.3 Å².